The van der Waals surface area contributed by atoms with Gasteiger partial charge in [0.2, 0.25) is 0 Å². The van der Waals surface area contributed by atoms with Crippen LogP contribution in [0.3, 0.4) is 0 Å². The van der Waals surface area contributed by atoms with Crippen LogP contribution in [0, 0.1) is 11.8 Å². The van der Waals surface area contributed by atoms with Crippen LogP contribution in [0.1, 0.15) is 60.3 Å². The van der Waals surface area contributed by atoms with Crippen molar-refractivity contribution in [1.82, 2.24) is 10.2 Å². The monoisotopic (exact) mass is 254 g/mol. The molecule has 4 unspecified atom stereocenters. The fourth-order valence-corrected chi connectivity index (χ4v) is 3.40. The summed E-state index contributed by atoms with van der Waals surface area (Å²) in [6, 6.07) is 1.42. The van der Waals surface area contributed by atoms with Gasteiger partial charge in [-0.1, -0.05) is 41.0 Å². The maximum Gasteiger partial charge on any atom is 0.0246 e. The van der Waals surface area contributed by atoms with Gasteiger partial charge in [-0.25, -0.2) is 0 Å². The molecule has 1 N–H and O–H groups in total. The van der Waals surface area contributed by atoms with Gasteiger partial charge in [-0.2, -0.15) is 0 Å². The van der Waals surface area contributed by atoms with Crippen molar-refractivity contribution in [1.29, 1.82) is 0 Å². The molecule has 0 aromatic carbocycles. The highest BCUT2D eigenvalue weighted by molar-refractivity contribution is 4.87. The largest absolute Gasteiger partial charge is 0.313 e. The molecule has 1 fully saturated rings. The first-order valence-electron chi connectivity index (χ1n) is 8.11. The number of nitrogens with one attached hydrogen (secondary N) is 1. The molecule has 0 aromatic heterocycles. The summed E-state index contributed by atoms with van der Waals surface area (Å²) < 4.78 is 0. The maximum atomic E-state index is 3.72. The summed E-state index contributed by atoms with van der Waals surface area (Å²) in [6.07, 6.45) is 5.25. The third kappa shape index (κ3) is 4.24. The minimum atomic E-state index is 0.686. The smallest absolute Gasteiger partial charge is 0.0246 e. The molecule has 0 radical (unpaired) electrons. The van der Waals surface area contributed by atoms with Gasteiger partial charge in [0.25, 0.3) is 0 Å². The number of likely N-dealkylation sites (N-methyl/N-ethyl adjacent to an activating group) is 1. The normalized spacial score (nSPS) is 29.2. The molecule has 108 valence electrons. The molecule has 1 saturated heterocycles. The number of hydrogen-bond acceptors (Lipinski definition) is 2. The minimum Gasteiger partial charge on any atom is -0.313 e. The van der Waals surface area contributed by atoms with E-state index in [1.165, 1.54) is 38.8 Å². The zero-order valence-corrected chi connectivity index (χ0v) is 13.2. The Bertz CT molecular complexity index is 211. The Balaban J connectivity index is 2.62. The van der Waals surface area contributed by atoms with E-state index in [0.29, 0.717) is 6.04 Å². The van der Waals surface area contributed by atoms with Gasteiger partial charge in [0.15, 0.2) is 0 Å². The van der Waals surface area contributed by atoms with E-state index in [-0.39, 0.29) is 0 Å². The number of likely N-dealkylation sites (tertiary alicyclic amines) is 1. The summed E-state index contributed by atoms with van der Waals surface area (Å²) in [5, 5.41) is 3.72. The Morgan fingerprint density at radius 2 is 1.89 bits per heavy atom. The Morgan fingerprint density at radius 1 is 1.17 bits per heavy atom. The molecule has 1 aliphatic rings. The van der Waals surface area contributed by atoms with Crippen molar-refractivity contribution < 1.29 is 0 Å². The van der Waals surface area contributed by atoms with E-state index in [1.54, 1.807) is 0 Å². The van der Waals surface area contributed by atoms with Crippen LogP contribution in [0.25, 0.3) is 0 Å². The predicted molar refractivity (Wildman–Crippen MR) is 81.0 cm³/mol. The lowest BCUT2D eigenvalue weighted by Gasteiger charge is -2.43. The van der Waals surface area contributed by atoms with Crippen molar-refractivity contribution >= 4 is 0 Å². The lowest BCUT2D eigenvalue weighted by molar-refractivity contribution is 0.0716. The van der Waals surface area contributed by atoms with Crippen molar-refractivity contribution in [2.24, 2.45) is 11.8 Å². The highest BCUT2D eigenvalue weighted by Crippen LogP contribution is 2.26. The summed E-state index contributed by atoms with van der Waals surface area (Å²) in [6.45, 7) is 15.4. The van der Waals surface area contributed by atoms with Gasteiger partial charge >= 0.3 is 0 Å². The zero-order chi connectivity index (χ0) is 13.5. The summed E-state index contributed by atoms with van der Waals surface area (Å²) in [5.41, 5.74) is 0. The molecule has 1 rings (SSSR count). The van der Waals surface area contributed by atoms with E-state index in [9.17, 15) is 0 Å². The van der Waals surface area contributed by atoms with Crippen LogP contribution in [0.4, 0.5) is 0 Å². The molecule has 0 spiro atoms. The van der Waals surface area contributed by atoms with Gasteiger partial charge in [0, 0.05) is 18.6 Å². The topological polar surface area (TPSA) is 15.3 Å². The minimum absolute atomic E-state index is 0.686. The standard InChI is InChI=1S/C16H34N2/c1-6-9-15(17-8-3)16(7-2)18-11-10-13(4)14(5)12-18/h13-17H,6-12H2,1-5H3. The molecular weight excluding hydrogens is 220 g/mol. The van der Waals surface area contributed by atoms with Gasteiger partial charge in [0.05, 0.1) is 0 Å². The molecule has 4 atom stereocenters. The van der Waals surface area contributed by atoms with Gasteiger partial charge < -0.3 is 5.32 Å². The molecule has 0 bridgehead atoms. The molecule has 1 aliphatic heterocycles. The lowest BCUT2D eigenvalue weighted by Crippen LogP contribution is -2.53. The Kier molecular flexibility index (Phi) is 7.25. The van der Waals surface area contributed by atoms with E-state index < -0.39 is 0 Å². The fourth-order valence-electron chi connectivity index (χ4n) is 3.40. The zero-order valence-electron chi connectivity index (χ0n) is 13.2. The molecule has 1 heterocycles. The van der Waals surface area contributed by atoms with Crippen LogP contribution < -0.4 is 5.32 Å². The molecule has 2 heteroatoms. The van der Waals surface area contributed by atoms with Crippen LogP contribution >= 0.6 is 0 Å². The molecule has 0 aliphatic carbocycles. The second-order valence-corrected chi connectivity index (χ2v) is 6.17. The molecular formula is C16H34N2. The number of rotatable bonds is 7. The number of nitrogens with zero attached hydrogens (tertiary/aromatic N) is 1. The molecule has 0 amide bonds. The van der Waals surface area contributed by atoms with E-state index in [0.717, 1.165) is 24.4 Å². The highest BCUT2D eigenvalue weighted by atomic mass is 15.2. The van der Waals surface area contributed by atoms with Gasteiger partial charge in [-0.15, -0.1) is 0 Å². The molecule has 18 heavy (non-hydrogen) atoms. The fraction of sp³-hybridized carbons (Fsp3) is 1.00. The third-order valence-corrected chi connectivity index (χ3v) is 4.78. The van der Waals surface area contributed by atoms with Gasteiger partial charge in [0.1, 0.15) is 0 Å². The number of piperidine rings is 1. The van der Waals surface area contributed by atoms with Crippen molar-refractivity contribution in [3.05, 3.63) is 0 Å². The molecule has 2 nitrogen and oxygen atoms in total. The molecule has 0 aromatic rings. The van der Waals surface area contributed by atoms with Crippen LogP contribution in [-0.4, -0.2) is 36.6 Å². The first kappa shape index (κ1) is 16.0. The quantitative estimate of drug-likeness (QED) is 0.748. The Labute approximate surface area is 115 Å². The van der Waals surface area contributed by atoms with E-state index >= 15 is 0 Å². The van der Waals surface area contributed by atoms with Crippen LogP contribution in [0.2, 0.25) is 0 Å². The van der Waals surface area contributed by atoms with Crippen LogP contribution in [0.15, 0.2) is 0 Å². The summed E-state index contributed by atoms with van der Waals surface area (Å²) >= 11 is 0. The van der Waals surface area contributed by atoms with Crippen molar-refractivity contribution in [2.75, 3.05) is 19.6 Å². The average Bonchev–Trinajstić information content (AvgIpc) is 2.35. The SMILES string of the molecule is CCCC(NCC)C(CC)N1CCC(C)C(C)C1. The van der Waals surface area contributed by atoms with Crippen molar-refractivity contribution in [3.63, 3.8) is 0 Å². The van der Waals surface area contributed by atoms with Gasteiger partial charge in [-0.3, -0.25) is 4.90 Å². The van der Waals surface area contributed by atoms with E-state index in [4.69, 9.17) is 0 Å². The van der Waals surface area contributed by atoms with Crippen LogP contribution in [0.5, 0.6) is 0 Å². The predicted octanol–water partition coefficient (Wildman–Crippen LogP) is 3.52. The van der Waals surface area contributed by atoms with E-state index in [1.807, 2.05) is 0 Å². The average molecular weight is 254 g/mol. The first-order chi connectivity index (χ1) is 8.63. The van der Waals surface area contributed by atoms with Crippen LogP contribution in [-0.2, 0) is 0 Å². The second kappa shape index (κ2) is 8.16. The first-order valence-corrected chi connectivity index (χ1v) is 8.11. The van der Waals surface area contributed by atoms with Crippen molar-refractivity contribution in [2.45, 2.75) is 72.4 Å². The number of hydrogen-bond donors (Lipinski definition) is 1. The Morgan fingerprint density at radius 3 is 2.39 bits per heavy atom. The lowest BCUT2D eigenvalue weighted by atomic mass is 9.86. The van der Waals surface area contributed by atoms with Crippen molar-refractivity contribution in [3.8, 4) is 0 Å². The molecule has 0 saturated carbocycles. The summed E-state index contributed by atoms with van der Waals surface area (Å²) in [7, 11) is 0. The maximum absolute atomic E-state index is 3.72. The summed E-state index contributed by atoms with van der Waals surface area (Å²) in [5.74, 6) is 1.76. The third-order valence-electron chi connectivity index (χ3n) is 4.78. The van der Waals surface area contributed by atoms with Gasteiger partial charge in [-0.05, 0) is 44.2 Å². The van der Waals surface area contributed by atoms with E-state index in [2.05, 4.69) is 44.8 Å². The highest BCUT2D eigenvalue weighted by Gasteiger charge is 2.30. The summed E-state index contributed by atoms with van der Waals surface area (Å²) in [4.78, 5) is 2.76. The second-order valence-electron chi connectivity index (χ2n) is 6.17. The Hall–Kier alpha value is -0.0800.